The Morgan fingerprint density at radius 2 is 2.09 bits per heavy atom. The lowest BCUT2D eigenvalue weighted by Crippen LogP contribution is -2.23. The average Bonchev–Trinajstić information content (AvgIpc) is 2.96. The Hall–Kier alpha value is -2.42. The summed E-state index contributed by atoms with van der Waals surface area (Å²) < 4.78 is 0. The molecule has 0 spiro atoms. The van der Waals surface area contributed by atoms with Gasteiger partial charge >= 0.3 is 5.97 Å². The number of amides is 1. The number of aromatic nitrogens is 2. The summed E-state index contributed by atoms with van der Waals surface area (Å²) in [5.41, 5.74) is -0.0911. The summed E-state index contributed by atoms with van der Waals surface area (Å²) >= 11 is 1.18. The van der Waals surface area contributed by atoms with Crippen LogP contribution in [0.25, 0.3) is 0 Å². The molecular weight excluding hydrogens is 322 g/mol. The predicted octanol–water partition coefficient (Wildman–Crippen LogP) is 1.02. The highest BCUT2D eigenvalue weighted by Gasteiger charge is 2.33. The number of thioether (sulfide) groups is 1. The third kappa shape index (κ3) is 3.67. The first-order valence-corrected chi connectivity index (χ1v) is 7.90. The quantitative estimate of drug-likeness (QED) is 0.633. The van der Waals surface area contributed by atoms with E-state index in [0.717, 1.165) is 0 Å². The maximum absolute atomic E-state index is 12.5. The van der Waals surface area contributed by atoms with Crippen molar-refractivity contribution in [1.82, 2.24) is 15.5 Å². The minimum Gasteiger partial charge on any atom is -0.481 e. The van der Waals surface area contributed by atoms with Gasteiger partial charge in [0, 0.05) is 19.5 Å². The van der Waals surface area contributed by atoms with Crippen molar-refractivity contribution in [2.45, 2.75) is 19.3 Å². The van der Waals surface area contributed by atoms with Crippen molar-refractivity contribution in [1.29, 1.82) is 0 Å². The number of H-pyrrole nitrogens is 1. The number of nitrogens with zero attached hydrogens (tertiary/aromatic N) is 1. The average molecular weight is 337 g/mol. The minimum atomic E-state index is -0.864. The van der Waals surface area contributed by atoms with Gasteiger partial charge in [-0.05, 0) is 18.6 Å². The predicted molar refractivity (Wildman–Crippen MR) is 82.7 cm³/mol. The Kier molecular flexibility index (Phi) is 5.32. The van der Waals surface area contributed by atoms with E-state index in [0.29, 0.717) is 18.6 Å². The summed E-state index contributed by atoms with van der Waals surface area (Å²) in [4.78, 5) is 46.9. The Balaban J connectivity index is 2.09. The van der Waals surface area contributed by atoms with Crippen LogP contribution in [0.5, 0.6) is 0 Å². The van der Waals surface area contributed by atoms with Crippen LogP contribution in [0.3, 0.4) is 0 Å². The van der Waals surface area contributed by atoms with Gasteiger partial charge in [0.25, 0.3) is 5.91 Å². The van der Waals surface area contributed by atoms with Gasteiger partial charge in [-0.1, -0.05) is 0 Å². The van der Waals surface area contributed by atoms with Gasteiger partial charge in [0.15, 0.2) is 0 Å². The molecule has 0 atom stereocenters. The van der Waals surface area contributed by atoms with Gasteiger partial charge in [0.1, 0.15) is 11.4 Å². The molecule has 122 valence electrons. The fraction of sp³-hybridized carbons (Fsp3) is 0.357. The number of hydrogen-bond donors (Lipinski definition) is 3. The van der Waals surface area contributed by atoms with Gasteiger partial charge in [-0.3, -0.25) is 24.3 Å². The van der Waals surface area contributed by atoms with E-state index in [1.807, 2.05) is 0 Å². The fourth-order valence-electron chi connectivity index (χ4n) is 2.07. The van der Waals surface area contributed by atoms with Crippen LogP contribution in [0.4, 0.5) is 0 Å². The Morgan fingerprint density at radius 3 is 2.74 bits per heavy atom. The zero-order valence-electron chi connectivity index (χ0n) is 12.3. The number of Topliss-reactive ketones (excluding diaryl/α,β-unsaturated/α-hetero) is 1. The SMILES string of the molecule is CNC(=O)c1[nH]nc2c1C(=O)C(SCCCCC(=O)O)=CC2=O. The Bertz CT molecular complexity index is 707. The number of unbranched alkanes of at least 4 members (excludes halogenated alkanes) is 1. The molecule has 1 aromatic rings. The van der Waals surface area contributed by atoms with E-state index in [-0.39, 0.29) is 28.3 Å². The number of hydrogen-bond acceptors (Lipinski definition) is 6. The minimum absolute atomic E-state index is 0.00936. The molecule has 23 heavy (non-hydrogen) atoms. The number of ketones is 2. The maximum Gasteiger partial charge on any atom is 0.303 e. The van der Waals surface area contributed by atoms with Crippen LogP contribution in [0.15, 0.2) is 11.0 Å². The molecule has 0 aromatic carbocycles. The van der Waals surface area contributed by atoms with Gasteiger partial charge in [-0.15, -0.1) is 11.8 Å². The summed E-state index contributed by atoms with van der Waals surface area (Å²) in [6.07, 6.45) is 2.38. The Labute approximate surface area is 135 Å². The molecule has 1 aliphatic carbocycles. The third-order valence-corrected chi connectivity index (χ3v) is 4.32. The first-order chi connectivity index (χ1) is 11.0. The standard InChI is InChI=1S/C14H15N3O5S/c1-15-14(22)12-10-11(16-17-12)7(18)6-8(13(10)21)23-5-3-2-4-9(19)20/h6H,2-5H2,1H3,(H,15,22)(H,16,17)(H,19,20). The molecule has 2 rings (SSSR count). The summed E-state index contributed by atoms with van der Waals surface area (Å²) in [7, 11) is 1.42. The van der Waals surface area contributed by atoms with E-state index >= 15 is 0 Å². The molecule has 0 radical (unpaired) electrons. The number of aromatic amines is 1. The molecule has 0 aliphatic heterocycles. The second-order valence-corrected chi connectivity index (χ2v) is 5.94. The van der Waals surface area contributed by atoms with E-state index < -0.39 is 23.4 Å². The zero-order chi connectivity index (χ0) is 17.0. The number of carbonyl (C=O) groups is 4. The van der Waals surface area contributed by atoms with Crippen LogP contribution in [0, 0.1) is 0 Å². The highest BCUT2D eigenvalue weighted by Crippen LogP contribution is 2.29. The smallest absolute Gasteiger partial charge is 0.303 e. The maximum atomic E-state index is 12.5. The van der Waals surface area contributed by atoms with Gasteiger partial charge in [-0.25, -0.2) is 0 Å². The van der Waals surface area contributed by atoms with E-state index in [9.17, 15) is 19.2 Å². The van der Waals surface area contributed by atoms with Gasteiger partial charge in [-0.2, -0.15) is 5.10 Å². The lowest BCUT2D eigenvalue weighted by Gasteiger charge is -2.11. The highest BCUT2D eigenvalue weighted by molar-refractivity contribution is 8.04. The van der Waals surface area contributed by atoms with Crippen molar-refractivity contribution >= 4 is 35.2 Å². The van der Waals surface area contributed by atoms with E-state index in [1.54, 1.807) is 0 Å². The molecule has 0 unspecified atom stereocenters. The lowest BCUT2D eigenvalue weighted by atomic mass is 9.99. The number of aliphatic carboxylic acids is 1. The molecule has 0 saturated carbocycles. The molecule has 0 fully saturated rings. The van der Waals surface area contributed by atoms with E-state index in [2.05, 4.69) is 15.5 Å². The van der Waals surface area contributed by atoms with E-state index in [1.165, 1.54) is 24.9 Å². The van der Waals surface area contributed by atoms with Crippen molar-refractivity contribution in [3.8, 4) is 0 Å². The summed E-state index contributed by atoms with van der Waals surface area (Å²) in [6.45, 7) is 0. The fourth-order valence-corrected chi connectivity index (χ4v) is 3.07. The van der Waals surface area contributed by atoms with Crippen LogP contribution in [-0.4, -0.2) is 51.5 Å². The summed E-state index contributed by atoms with van der Waals surface area (Å²) in [5, 5.41) is 17.1. The molecule has 1 aromatic heterocycles. The second kappa shape index (κ2) is 7.23. The van der Waals surface area contributed by atoms with Crippen molar-refractivity contribution in [2.24, 2.45) is 0 Å². The molecule has 1 heterocycles. The molecule has 1 amide bonds. The number of carboxylic acids is 1. The second-order valence-electron chi connectivity index (χ2n) is 4.80. The molecule has 8 nitrogen and oxygen atoms in total. The number of carbonyl (C=O) groups excluding carboxylic acids is 3. The van der Waals surface area contributed by atoms with Crippen LogP contribution >= 0.6 is 11.8 Å². The molecule has 1 aliphatic rings. The van der Waals surface area contributed by atoms with Crippen LogP contribution < -0.4 is 5.32 Å². The van der Waals surface area contributed by atoms with Crippen molar-refractivity contribution < 1.29 is 24.3 Å². The molecule has 0 bridgehead atoms. The topological polar surface area (TPSA) is 129 Å². The summed E-state index contributed by atoms with van der Waals surface area (Å²) in [5.74, 6) is -1.72. The van der Waals surface area contributed by atoms with Gasteiger partial charge < -0.3 is 10.4 Å². The van der Waals surface area contributed by atoms with E-state index in [4.69, 9.17) is 5.11 Å². The van der Waals surface area contributed by atoms with Crippen LogP contribution in [-0.2, 0) is 4.79 Å². The molecule has 0 saturated heterocycles. The highest BCUT2D eigenvalue weighted by atomic mass is 32.2. The van der Waals surface area contributed by atoms with Crippen molar-refractivity contribution in [3.05, 3.63) is 27.9 Å². The normalized spacial score (nSPS) is 13.5. The number of nitrogens with one attached hydrogen (secondary N) is 2. The number of allylic oxidation sites excluding steroid dienone is 2. The number of rotatable bonds is 7. The largest absolute Gasteiger partial charge is 0.481 e. The number of carboxylic acid groups (broad SMARTS) is 1. The lowest BCUT2D eigenvalue weighted by molar-refractivity contribution is -0.137. The van der Waals surface area contributed by atoms with Crippen molar-refractivity contribution in [3.63, 3.8) is 0 Å². The third-order valence-electron chi connectivity index (χ3n) is 3.21. The molecule has 9 heteroatoms. The van der Waals surface area contributed by atoms with Crippen LogP contribution in [0.1, 0.15) is 50.6 Å². The number of fused-ring (bicyclic) bond motifs is 1. The molecular formula is C14H15N3O5S. The monoisotopic (exact) mass is 337 g/mol. The molecule has 3 N–H and O–H groups in total. The van der Waals surface area contributed by atoms with Gasteiger partial charge in [0.05, 0.1) is 10.5 Å². The van der Waals surface area contributed by atoms with Gasteiger partial charge in [0.2, 0.25) is 11.6 Å². The first kappa shape index (κ1) is 16.9. The zero-order valence-corrected chi connectivity index (χ0v) is 13.2. The Morgan fingerprint density at radius 1 is 1.35 bits per heavy atom. The summed E-state index contributed by atoms with van der Waals surface area (Å²) in [6, 6.07) is 0. The van der Waals surface area contributed by atoms with Crippen LogP contribution in [0.2, 0.25) is 0 Å². The van der Waals surface area contributed by atoms with Crippen molar-refractivity contribution in [2.75, 3.05) is 12.8 Å². The first-order valence-electron chi connectivity index (χ1n) is 6.91.